The molecule has 1 fully saturated rings. The number of rotatable bonds is 5. The molecule has 2 unspecified atom stereocenters. The summed E-state index contributed by atoms with van der Waals surface area (Å²) in [6, 6.07) is 0.955. The van der Waals surface area contributed by atoms with Crippen molar-refractivity contribution in [3.63, 3.8) is 0 Å². The zero-order chi connectivity index (χ0) is 11.5. The normalized spacial score (nSPS) is 27.6. The van der Waals surface area contributed by atoms with Gasteiger partial charge in [0.25, 0.3) is 0 Å². The van der Waals surface area contributed by atoms with Crippen LogP contribution in [-0.4, -0.2) is 18.6 Å². The number of nitrogens with one attached hydrogen (secondary N) is 1. The van der Waals surface area contributed by atoms with E-state index in [1.54, 1.807) is 0 Å². The van der Waals surface area contributed by atoms with Gasteiger partial charge >= 0.3 is 0 Å². The zero-order valence-electron chi connectivity index (χ0n) is 10.8. The van der Waals surface area contributed by atoms with Crippen LogP contribution in [-0.2, 0) is 0 Å². The van der Waals surface area contributed by atoms with Crippen LogP contribution in [0.4, 0.5) is 0 Å². The van der Waals surface area contributed by atoms with E-state index in [0.717, 1.165) is 12.5 Å². The topological polar surface area (TPSA) is 38.0 Å². The highest BCUT2D eigenvalue weighted by Gasteiger charge is 2.26. The molecule has 15 heavy (non-hydrogen) atoms. The first-order chi connectivity index (χ1) is 6.91. The summed E-state index contributed by atoms with van der Waals surface area (Å²) in [6.07, 6.45) is 5.03. The molecule has 0 aromatic carbocycles. The van der Waals surface area contributed by atoms with Crippen molar-refractivity contribution < 1.29 is 0 Å². The minimum absolute atomic E-state index is 0.389. The standard InChI is InChI=1S/C13H28N2/c1-10(2)8-13(3,4)9-15-12-7-5-6-11(12)14/h10-12,15H,5-9,14H2,1-4H3. The lowest BCUT2D eigenvalue weighted by molar-refractivity contribution is 0.258. The van der Waals surface area contributed by atoms with Gasteiger partial charge in [0, 0.05) is 18.6 Å². The van der Waals surface area contributed by atoms with E-state index in [-0.39, 0.29) is 0 Å². The minimum atomic E-state index is 0.389. The summed E-state index contributed by atoms with van der Waals surface area (Å²) in [5.41, 5.74) is 6.45. The van der Waals surface area contributed by atoms with Crippen LogP contribution in [0.25, 0.3) is 0 Å². The van der Waals surface area contributed by atoms with E-state index < -0.39 is 0 Å². The molecule has 2 nitrogen and oxygen atoms in total. The second kappa shape index (κ2) is 5.31. The molecule has 0 aromatic rings. The molecule has 0 heterocycles. The molecule has 0 saturated heterocycles. The first-order valence-corrected chi connectivity index (χ1v) is 6.40. The second-order valence-corrected chi connectivity index (χ2v) is 6.34. The van der Waals surface area contributed by atoms with Crippen molar-refractivity contribution in [1.82, 2.24) is 5.32 Å². The lowest BCUT2D eigenvalue weighted by atomic mass is 9.83. The van der Waals surface area contributed by atoms with Crippen LogP contribution in [0.1, 0.15) is 53.4 Å². The summed E-state index contributed by atoms with van der Waals surface area (Å²) in [5.74, 6) is 0.777. The zero-order valence-corrected chi connectivity index (χ0v) is 10.8. The van der Waals surface area contributed by atoms with E-state index in [0.29, 0.717) is 17.5 Å². The Morgan fingerprint density at radius 1 is 1.33 bits per heavy atom. The van der Waals surface area contributed by atoms with E-state index in [1.807, 2.05) is 0 Å². The van der Waals surface area contributed by atoms with E-state index in [2.05, 4.69) is 33.0 Å². The maximum absolute atomic E-state index is 6.05. The lowest BCUT2D eigenvalue weighted by Gasteiger charge is -2.30. The molecule has 0 spiro atoms. The Labute approximate surface area is 95.0 Å². The fourth-order valence-electron chi connectivity index (χ4n) is 2.83. The van der Waals surface area contributed by atoms with Crippen molar-refractivity contribution in [2.24, 2.45) is 17.1 Å². The van der Waals surface area contributed by atoms with Crippen molar-refractivity contribution in [3.8, 4) is 0 Å². The van der Waals surface area contributed by atoms with E-state index in [9.17, 15) is 0 Å². The number of hydrogen-bond donors (Lipinski definition) is 2. The molecule has 3 N–H and O–H groups in total. The van der Waals surface area contributed by atoms with Crippen molar-refractivity contribution in [2.75, 3.05) is 6.54 Å². The van der Waals surface area contributed by atoms with Gasteiger partial charge in [-0.05, 0) is 30.6 Å². The lowest BCUT2D eigenvalue weighted by Crippen LogP contribution is -2.44. The Kier molecular flexibility index (Phi) is 4.60. The predicted molar refractivity (Wildman–Crippen MR) is 66.9 cm³/mol. The van der Waals surface area contributed by atoms with Gasteiger partial charge < -0.3 is 11.1 Å². The van der Waals surface area contributed by atoms with E-state index in [1.165, 1.54) is 25.7 Å². The minimum Gasteiger partial charge on any atom is -0.326 e. The van der Waals surface area contributed by atoms with Gasteiger partial charge in [-0.2, -0.15) is 0 Å². The Bertz CT molecular complexity index is 187. The maximum atomic E-state index is 6.05. The van der Waals surface area contributed by atoms with Gasteiger partial charge in [0.15, 0.2) is 0 Å². The smallest absolute Gasteiger partial charge is 0.0219 e. The van der Waals surface area contributed by atoms with Crippen LogP contribution >= 0.6 is 0 Å². The molecule has 1 rings (SSSR count). The highest BCUT2D eigenvalue weighted by molar-refractivity contribution is 4.87. The SMILES string of the molecule is CC(C)CC(C)(C)CNC1CCCC1N. The van der Waals surface area contributed by atoms with E-state index in [4.69, 9.17) is 5.73 Å². The van der Waals surface area contributed by atoms with Crippen LogP contribution in [0.3, 0.4) is 0 Å². The molecule has 1 aliphatic rings. The van der Waals surface area contributed by atoms with Crippen LogP contribution in [0.15, 0.2) is 0 Å². The molecule has 1 saturated carbocycles. The van der Waals surface area contributed by atoms with Gasteiger partial charge in [-0.15, -0.1) is 0 Å². The summed E-state index contributed by atoms with van der Waals surface area (Å²) < 4.78 is 0. The molecule has 90 valence electrons. The number of hydrogen-bond acceptors (Lipinski definition) is 2. The van der Waals surface area contributed by atoms with Crippen LogP contribution in [0.5, 0.6) is 0 Å². The maximum Gasteiger partial charge on any atom is 0.0219 e. The van der Waals surface area contributed by atoms with Gasteiger partial charge in [-0.3, -0.25) is 0 Å². The summed E-state index contributed by atoms with van der Waals surface area (Å²) in [4.78, 5) is 0. The molecular formula is C13H28N2. The molecule has 2 heteroatoms. The van der Waals surface area contributed by atoms with Crippen molar-refractivity contribution in [3.05, 3.63) is 0 Å². The molecule has 0 aliphatic heterocycles. The summed E-state index contributed by atoms with van der Waals surface area (Å²) in [5, 5.41) is 3.65. The average molecular weight is 212 g/mol. The Morgan fingerprint density at radius 3 is 2.47 bits per heavy atom. The third-order valence-corrected chi connectivity index (χ3v) is 3.37. The molecule has 1 aliphatic carbocycles. The Balaban J connectivity index is 2.28. The quantitative estimate of drug-likeness (QED) is 0.735. The molecular weight excluding hydrogens is 184 g/mol. The van der Waals surface area contributed by atoms with Crippen LogP contribution in [0.2, 0.25) is 0 Å². The van der Waals surface area contributed by atoms with Crippen molar-refractivity contribution >= 4 is 0 Å². The fraction of sp³-hybridized carbons (Fsp3) is 1.00. The largest absolute Gasteiger partial charge is 0.326 e. The van der Waals surface area contributed by atoms with Gasteiger partial charge in [-0.25, -0.2) is 0 Å². The summed E-state index contributed by atoms with van der Waals surface area (Å²) >= 11 is 0. The Hall–Kier alpha value is -0.0800. The third kappa shape index (κ3) is 4.52. The molecule has 2 atom stereocenters. The van der Waals surface area contributed by atoms with E-state index >= 15 is 0 Å². The predicted octanol–water partition coefficient (Wildman–Crippen LogP) is 2.53. The monoisotopic (exact) mass is 212 g/mol. The second-order valence-electron chi connectivity index (χ2n) is 6.34. The average Bonchev–Trinajstić information content (AvgIpc) is 2.45. The summed E-state index contributed by atoms with van der Waals surface area (Å²) in [7, 11) is 0. The molecule has 0 amide bonds. The Morgan fingerprint density at radius 2 is 2.00 bits per heavy atom. The van der Waals surface area contributed by atoms with Gasteiger partial charge in [0.05, 0.1) is 0 Å². The van der Waals surface area contributed by atoms with Crippen LogP contribution in [0, 0.1) is 11.3 Å². The van der Waals surface area contributed by atoms with Crippen molar-refractivity contribution in [2.45, 2.75) is 65.5 Å². The van der Waals surface area contributed by atoms with Gasteiger partial charge in [0.1, 0.15) is 0 Å². The number of nitrogens with two attached hydrogens (primary N) is 1. The molecule has 0 bridgehead atoms. The summed E-state index contributed by atoms with van der Waals surface area (Å²) in [6.45, 7) is 10.4. The molecule has 0 aromatic heterocycles. The molecule has 0 radical (unpaired) electrons. The van der Waals surface area contributed by atoms with Crippen LogP contribution < -0.4 is 11.1 Å². The third-order valence-electron chi connectivity index (χ3n) is 3.37. The van der Waals surface area contributed by atoms with Gasteiger partial charge in [0.2, 0.25) is 0 Å². The highest BCUT2D eigenvalue weighted by Crippen LogP contribution is 2.25. The first-order valence-electron chi connectivity index (χ1n) is 6.40. The first kappa shape index (κ1) is 13.0. The van der Waals surface area contributed by atoms with Gasteiger partial charge in [-0.1, -0.05) is 34.1 Å². The highest BCUT2D eigenvalue weighted by atomic mass is 15.0. The van der Waals surface area contributed by atoms with Crippen molar-refractivity contribution in [1.29, 1.82) is 0 Å². The fourth-order valence-corrected chi connectivity index (χ4v) is 2.83.